The Morgan fingerprint density at radius 2 is 1.75 bits per heavy atom. The van der Waals surface area contributed by atoms with Gasteiger partial charge in [-0.15, -0.1) is 0 Å². The van der Waals surface area contributed by atoms with Crippen LogP contribution in [0.15, 0.2) is 0 Å². The topological polar surface area (TPSA) is 72.2 Å². The van der Waals surface area contributed by atoms with Gasteiger partial charge < -0.3 is 17.7 Å². The van der Waals surface area contributed by atoms with Crippen molar-refractivity contribution >= 4 is 10.2 Å². The third kappa shape index (κ3) is 2.30. The molecule has 0 aromatic heterocycles. The van der Waals surface area contributed by atoms with Gasteiger partial charge in [0.2, 0.25) is 0 Å². The van der Waals surface area contributed by atoms with E-state index >= 15 is 0 Å². The number of piperazine rings is 1. The number of nitrogens with one attached hydrogen (secondary N) is 1. The van der Waals surface area contributed by atoms with E-state index < -0.39 is 10.2 Å². The van der Waals surface area contributed by atoms with Crippen LogP contribution in [0.3, 0.4) is 0 Å². The average molecular weight is 216 g/mol. The highest BCUT2D eigenvalue weighted by Crippen LogP contribution is 2.08. The number of rotatable bonds is 1. The van der Waals surface area contributed by atoms with Crippen molar-refractivity contribution in [3.05, 3.63) is 0 Å². The summed E-state index contributed by atoms with van der Waals surface area (Å²) >= 11 is 0. The molecule has 1 rings (SSSR count). The van der Waals surface area contributed by atoms with Crippen LogP contribution in [0, 0.1) is 0 Å². The molecule has 0 aliphatic carbocycles. The monoisotopic (exact) mass is 215 g/mol. The fraction of sp³-hybridized carbons (Fsp3) is 1.00. The molecule has 0 radical (unpaired) electrons. The predicted octanol–water partition coefficient (Wildman–Crippen LogP) is -4.76. The molecule has 0 aromatic carbocycles. The maximum absolute atomic E-state index is 11.0. The van der Waals surface area contributed by atoms with E-state index in [1.165, 1.54) is 0 Å². The van der Waals surface area contributed by atoms with Gasteiger partial charge in [-0.2, -0.15) is 13.6 Å². The molecule has 0 bridgehead atoms. The number of hydrogen-bond donors (Lipinski definition) is 2. The first kappa shape index (κ1) is 12.1. The van der Waals surface area contributed by atoms with E-state index in [9.17, 15) is 8.42 Å². The minimum absolute atomic E-state index is 0. The van der Waals surface area contributed by atoms with Crippen LogP contribution in [0.1, 0.15) is 0 Å². The zero-order valence-corrected chi connectivity index (χ0v) is 8.53. The lowest BCUT2D eigenvalue weighted by Crippen LogP contribution is -3.00. The summed E-state index contributed by atoms with van der Waals surface area (Å²) in [6, 6.07) is 0. The Morgan fingerprint density at radius 3 is 2.00 bits per heavy atom. The summed E-state index contributed by atoms with van der Waals surface area (Å²) in [5.41, 5.74) is 0. The van der Waals surface area contributed by atoms with Crippen molar-refractivity contribution in [2.24, 2.45) is 5.14 Å². The number of likely N-dealkylation sites (N-methyl/N-ethyl adjacent to an activating group) is 1. The number of quaternary nitrogens is 1. The highest BCUT2D eigenvalue weighted by Gasteiger charge is 2.35. The summed E-state index contributed by atoms with van der Waals surface area (Å²) in [7, 11) is -1.78. The van der Waals surface area contributed by atoms with Gasteiger partial charge in [0.15, 0.2) is 0 Å². The summed E-state index contributed by atoms with van der Waals surface area (Å²) in [5, 5.41) is 8.14. The molecule has 3 N–H and O–H groups in total. The molecule has 12 heavy (non-hydrogen) atoms. The lowest BCUT2D eigenvalue weighted by molar-refractivity contribution is -0.787. The standard InChI is InChI=1S/C5H14N3O2S.ClH/c1-8(11(6,9)10)4-2-7-3-5-8;/h7H,2-5H2,1H3,(H2,6,9,10);1H/q+1;/p-1. The van der Waals surface area contributed by atoms with Gasteiger partial charge in [-0.05, 0) is 0 Å². The van der Waals surface area contributed by atoms with Gasteiger partial charge in [0.05, 0.1) is 7.05 Å². The first-order chi connectivity index (χ1) is 4.96. The van der Waals surface area contributed by atoms with Gasteiger partial charge in [0, 0.05) is 13.1 Å². The highest BCUT2D eigenvalue weighted by atomic mass is 35.5. The van der Waals surface area contributed by atoms with Crippen molar-refractivity contribution in [1.29, 1.82) is 0 Å². The molecule has 0 unspecified atom stereocenters. The quantitative estimate of drug-likeness (QED) is 0.432. The van der Waals surface area contributed by atoms with E-state index in [0.717, 1.165) is 0 Å². The first-order valence-electron chi connectivity index (χ1n) is 3.54. The van der Waals surface area contributed by atoms with Gasteiger partial charge in [-0.1, -0.05) is 0 Å². The second-order valence-corrected chi connectivity index (χ2v) is 4.92. The zero-order chi connectivity index (χ0) is 8.54. The fourth-order valence-electron chi connectivity index (χ4n) is 1.12. The van der Waals surface area contributed by atoms with E-state index in [1.807, 2.05) is 0 Å². The van der Waals surface area contributed by atoms with Gasteiger partial charge in [0.25, 0.3) is 0 Å². The molecule has 1 saturated heterocycles. The van der Waals surface area contributed by atoms with Crippen molar-refractivity contribution in [3.8, 4) is 0 Å². The van der Waals surface area contributed by atoms with Crippen LogP contribution < -0.4 is 22.9 Å². The van der Waals surface area contributed by atoms with Gasteiger partial charge >= 0.3 is 10.2 Å². The molecule has 0 spiro atoms. The summed E-state index contributed by atoms with van der Waals surface area (Å²) < 4.78 is 22.0. The van der Waals surface area contributed by atoms with E-state index in [-0.39, 0.29) is 16.3 Å². The van der Waals surface area contributed by atoms with Crippen molar-refractivity contribution in [3.63, 3.8) is 0 Å². The van der Waals surface area contributed by atoms with Crippen LogP contribution in [0.25, 0.3) is 0 Å². The van der Waals surface area contributed by atoms with Crippen LogP contribution in [0.2, 0.25) is 0 Å². The average Bonchev–Trinajstić information content (AvgIpc) is 1.87. The Labute approximate surface area is 79.1 Å². The molecule has 0 amide bonds. The van der Waals surface area contributed by atoms with Crippen molar-refractivity contribution in [2.45, 2.75) is 0 Å². The maximum atomic E-state index is 11.0. The summed E-state index contributed by atoms with van der Waals surface area (Å²) in [5.74, 6) is 0. The Morgan fingerprint density at radius 1 is 1.33 bits per heavy atom. The van der Waals surface area contributed by atoms with Crippen molar-refractivity contribution in [1.82, 2.24) is 5.32 Å². The normalized spacial score (nSPS) is 22.8. The van der Waals surface area contributed by atoms with Gasteiger partial charge in [-0.25, -0.2) is 3.89 Å². The third-order valence-electron chi connectivity index (χ3n) is 2.14. The second kappa shape index (κ2) is 3.89. The Hall–Kier alpha value is 0.120. The molecule has 1 aliphatic rings. The van der Waals surface area contributed by atoms with Crippen LogP contribution in [0.4, 0.5) is 0 Å². The molecular weight excluding hydrogens is 202 g/mol. The molecule has 0 saturated carbocycles. The molecule has 0 atom stereocenters. The summed E-state index contributed by atoms with van der Waals surface area (Å²) in [4.78, 5) is 0. The van der Waals surface area contributed by atoms with E-state index in [0.29, 0.717) is 26.2 Å². The summed E-state index contributed by atoms with van der Waals surface area (Å²) in [6.07, 6.45) is 0. The lowest BCUT2D eigenvalue weighted by atomic mass is 10.4. The number of halogens is 1. The SMILES string of the molecule is C[N+]1(S(N)(=O)=O)CCNCC1.[Cl-]. The number of nitrogens with two attached hydrogens (primary N) is 1. The fourth-order valence-corrected chi connectivity index (χ4v) is 1.81. The third-order valence-corrected chi connectivity index (χ3v) is 3.73. The predicted molar refractivity (Wildman–Crippen MR) is 41.9 cm³/mol. The minimum Gasteiger partial charge on any atom is -1.00 e. The summed E-state index contributed by atoms with van der Waals surface area (Å²) in [6.45, 7) is 2.54. The second-order valence-electron chi connectivity index (χ2n) is 3.01. The van der Waals surface area contributed by atoms with Gasteiger partial charge in [-0.3, -0.25) is 0 Å². The van der Waals surface area contributed by atoms with E-state index in [2.05, 4.69) is 5.32 Å². The van der Waals surface area contributed by atoms with Crippen LogP contribution >= 0.6 is 0 Å². The molecule has 1 heterocycles. The smallest absolute Gasteiger partial charge is 0.367 e. The largest absolute Gasteiger partial charge is 1.00 e. The van der Waals surface area contributed by atoms with Crippen LogP contribution in [0.5, 0.6) is 0 Å². The van der Waals surface area contributed by atoms with E-state index in [1.54, 1.807) is 7.05 Å². The minimum atomic E-state index is -3.43. The Kier molecular flexibility index (Phi) is 3.92. The van der Waals surface area contributed by atoms with Gasteiger partial charge in [0.1, 0.15) is 13.1 Å². The van der Waals surface area contributed by atoms with Crippen molar-refractivity contribution in [2.75, 3.05) is 33.2 Å². The van der Waals surface area contributed by atoms with Crippen LogP contribution in [-0.2, 0) is 10.2 Å². The zero-order valence-electron chi connectivity index (χ0n) is 6.96. The molecule has 7 heteroatoms. The lowest BCUT2D eigenvalue weighted by Gasteiger charge is -2.34. The number of hydrogen-bond acceptors (Lipinski definition) is 3. The van der Waals surface area contributed by atoms with Crippen molar-refractivity contribution < 1.29 is 24.7 Å². The molecule has 1 fully saturated rings. The maximum Gasteiger partial charge on any atom is 0.367 e. The molecule has 74 valence electrons. The molecule has 5 nitrogen and oxygen atoms in total. The molecule has 1 aliphatic heterocycles. The molecule has 0 aromatic rings. The first-order valence-corrected chi connectivity index (χ1v) is 5.04. The Bertz CT molecular complexity index is 235. The number of nitrogens with zero attached hydrogens (tertiary/aromatic N) is 1. The van der Waals surface area contributed by atoms with Crippen LogP contribution in [-0.4, -0.2) is 45.5 Å². The molecular formula is C5H14ClN3O2S. The Balaban J connectivity index is 0.00000121. The highest BCUT2D eigenvalue weighted by molar-refractivity contribution is 7.83. The van der Waals surface area contributed by atoms with E-state index in [4.69, 9.17) is 5.14 Å².